The van der Waals surface area contributed by atoms with E-state index in [0.29, 0.717) is 17.4 Å². The van der Waals surface area contributed by atoms with Crippen molar-refractivity contribution in [3.8, 4) is 0 Å². The van der Waals surface area contributed by atoms with E-state index >= 15 is 0 Å². The van der Waals surface area contributed by atoms with Gasteiger partial charge in [0.05, 0.1) is 39.9 Å². The average Bonchev–Trinajstić information content (AvgIpc) is 3.06. The maximum atomic E-state index is 12.8. The van der Waals surface area contributed by atoms with Crippen molar-refractivity contribution in [3.63, 3.8) is 0 Å². The molecule has 0 bridgehead atoms. The number of carbonyl (C=O) groups excluding carboxylic acids is 1. The van der Waals surface area contributed by atoms with Crippen molar-refractivity contribution in [3.05, 3.63) is 24.3 Å². The van der Waals surface area contributed by atoms with Crippen molar-refractivity contribution in [2.45, 2.75) is 193 Å². The molecule has 0 aliphatic rings. The second kappa shape index (κ2) is 33.8. The molecule has 3 N–H and O–H groups in total. The van der Waals surface area contributed by atoms with Crippen LogP contribution >= 0.6 is 7.82 Å². The molecular formula is C41H82N2O6P+. The fourth-order valence-electron chi connectivity index (χ4n) is 5.80. The summed E-state index contributed by atoms with van der Waals surface area (Å²) in [5, 5.41) is 13.8. The fourth-order valence-corrected chi connectivity index (χ4v) is 6.53. The third-order valence-electron chi connectivity index (χ3n) is 9.17. The summed E-state index contributed by atoms with van der Waals surface area (Å²) >= 11 is 0. The van der Waals surface area contributed by atoms with Gasteiger partial charge in [-0.05, 0) is 44.9 Å². The van der Waals surface area contributed by atoms with Crippen molar-refractivity contribution in [1.29, 1.82) is 0 Å². The van der Waals surface area contributed by atoms with Gasteiger partial charge in [0, 0.05) is 6.42 Å². The number of aliphatic hydroxyl groups excluding tert-OH is 1. The summed E-state index contributed by atoms with van der Waals surface area (Å²) in [5.74, 6) is -0.184. The van der Waals surface area contributed by atoms with Crippen LogP contribution in [0.4, 0.5) is 0 Å². The Morgan fingerprint density at radius 1 is 0.660 bits per heavy atom. The van der Waals surface area contributed by atoms with Gasteiger partial charge in [0.2, 0.25) is 5.91 Å². The van der Waals surface area contributed by atoms with Gasteiger partial charge in [0.15, 0.2) is 0 Å². The predicted octanol–water partition coefficient (Wildman–Crippen LogP) is 11.0. The highest BCUT2D eigenvalue weighted by molar-refractivity contribution is 7.47. The lowest BCUT2D eigenvalue weighted by atomic mass is 10.1. The van der Waals surface area contributed by atoms with E-state index in [2.05, 4.69) is 31.3 Å². The highest BCUT2D eigenvalue weighted by atomic mass is 31.2. The fraction of sp³-hybridized carbons (Fsp3) is 0.878. The van der Waals surface area contributed by atoms with Crippen molar-refractivity contribution >= 4 is 13.7 Å². The Hall–Kier alpha value is -1.02. The number of carbonyl (C=O) groups is 1. The molecule has 0 aliphatic heterocycles. The zero-order valence-corrected chi connectivity index (χ0v) is 34.3. The summed E-state index contributed by atoms with van der Waals surface area (Å²) in [5.41, 5.74) is 0. The maximum absolute atomic E-state index is 12.8. The van der Waals surface area contributed by atoms with Gasteiger partial charge in [-0.15, -0.1) is 0 Å². The SMILES string of the molecule is CCCCCCCC/C=C\CCCCCCCCCC(=O)N[C@@H](COP(=O)(O)OCC[N+](C)(C)C)[C@H](O)/C=C/CCCCCCCCCCC. The molecule has 0 heterocycles. The zero-order valence-electron chi connectivity index (χ0n) is 33.4. The smallest absolute Gasteiger partial charge is 0.387 e. The Balaban J connectivity index is 4.43. The van der Waals surface area contributed by atoms with Gasteiger partial charge in [-0.3, -0.25) is 13.8 Å². The maximum Gasteiger partial charge on any atom is 0.472 e. The van der Waals surface area contributed by atoms with E-state index < -0.39 is 20.0 Å². The number of nitrogens with zero attached hydrogens (tertiary/aromatic N) is 1. The van der Waals surface area contributed by atoms with Crippen LogP contribution in [0.1, 0.15) is 181 Å². The average molecular weight is 730 g/mol. The Kier molecular flexibility index (Phi) is 33.1. The van der Waals surface area contributed by atoms with E-state index in [1.165, 1.54) is 122 Å². The lowest BCUT2D eigenvalue weighted by molar-refractivity contribution is -0.870. The molecule has 0 aromatic rings. The first-order chi connectivity index (χ1) is 24.0. The van der Waals surface area contributed by atoms with Crippen LogP contribution in [0.2, 0.25) is 0 Å². The van der Waals surface area contributed by atoms with Crippen molar-refractivity contribution < 1.29 is 32.9 Å². The first-order valence-electron chi connectivity index (χ1n) is 20.7. The number of phosphoric acid groups is 1. The van der Waals surface area contributed by atoms with Crippen LogP contribution in [-0.4, -0.2) is 73.4 Å². The number of quaternary nitrogens is 1. The highest BCUT2D eigenvalue weighted by Crippen LogP contribution is 2.43. The van der Waals surface area contributed by atoms with Gasteiger partial charge in [0.1, 0.15) is 13.2 Å². The summed E-state index contributed by atoms with van der Waals surface area (Å²) in [6.07, 6.45) is 38.1. The molecule has 0 aliphatic carbocycles. The van der Waals surface area contributed by atoms with Gasteiger partial charge in [0.25, 0.3) is 0 Å². The number of nitrogens with one attached hydrogen (secondary N) is 1. The van der Waals surface area contributed by atoms with Gasteiger partial charge in [-0.1, -0.05) is 154 Å². The number of hydrogen-bond acceptors (Lipinski definition) is 5. The summed E-state index contributed by atoms with van der Waals surface area (Å²) in [6, 6.07) is -0.843. The number of aliphatic hydroxyl groups is 1. The lowest BCUT2D eigenvalue weighted by Crippen LogP contribution is -2.45. The van der Waals surface area contributed by atoms with E-state index in [-0.39, 0.29) is 19.1 Å². The van der Waals surface area contributed by atoms with Crippen LogP contribution in [0.3, 0.4) is 0 Å². The first-order valence-corrected chi connectivity index (χ1v) is 22.2. The van der Waals surface area contributed by atoms with Gasteiger partial charge >= 0.3 is 7.82 Å². The molecule has 296 valence electrons. The molecule has 0 aromatic heterocycles. The normalized spacial score (nSPS) is 14.8. The number of unbranched alkanes of at least 4 members (excludes halogenated alkanes) is 22. The third-order valence-corrected chi connectivity index (χ3v) is 10.1. The molecule has 0 rings (SSSR count). The Bertz CT molecular complexity index is 876. The minimum atomic E-state index is -4.33. The number of phosphoric ester groups is 1. The zero-order chi connectivity index (χ0) is 37.2. The second-order valence-electron chi connectivity index (χ2n) is 15.4. The number of allylic oxidation sites excluding steroid dienone is 3. The van der Waals surface area contributed by atoms with Crippen molar-refractivity contribution in [1.82, 2.24) is 5.32 Å². The van der Waals surface area contributed by atoms with E-state index in [1.807, 2.05) is 27.2 Å². The molecule has 50 heavy (non-hydrogen) atoms. The Labute approximate surface area is 309 Å². The molecule has 3 atom stereocenters. The summed E-state index contributed by atoms with van der Waals surface area (Å²) < 4.78 is 23.5. The van der Waals surface area contributed by atoms with E-state index in [9.17, 15) is 19.4 Å². The molecule has 0 fully saturated rings. The Morgan fingerprint density at radius 2 is 1.08 bits per heavy atom. The summed E-state index contributed by atoms with van der Waals surface area (Å²) in [6.45, 7) is 4.78. The molecule has 0 spiro atoms. The van der Waals surface area contributed by atoms with Crippen molar-refractivity contribution in [2.24, 2.45) is 0 Å². The number of amides is 1. The van der Waals surface area contributed by atoms with Gasteiger partial charge in [-0.2, -0.15) is 0 Å². The number of likely N-dealkylation sites (N-methyl/N-ethyl adjacent to an activating group) is 1. The monoisotopic (exact) mass is 730 g/mol. The van der Waals surface area contributed by atoms with Crippen molar-refractivity contribution in [2.75, 3.05) is 40.9 Å². The standard InChI is InChI=1S/C41H81N2O6P/c1-6-8-10-12-14-16-18-19-20-21-22-23-25-27-29-31-33-35-41(45)42-39(38-49-50(46,47)48-37-36-43(3,4)5)40(44)34-32-30-28-26-24-17-15-13-11-9-7-2/h19-20,32,34,39-40,44H,6-18,21-31,33,35-38H2,1-5H3,(H-,42,45,46,47)/p+1/b20-19-,34-32+/t39-,40+/m0/s1. The predicted molar refractivity (Wildman–Crippen MR) is 212 cm³/mol. The van der Waals surface area contributed by atoms with Crippen LogP contribution in [0.5, 0.6) is 0 Å². The molecule has 0 saturated heterocycles. The molecule has 8 nitrogen and oxygen atoms in total. The number of hydrogen-bond donors (Lipinski definition) is 3. The highest BCUT2D eigenvalue weighted by Gasteiger charge is 2.27. The number of rotatable bonds is 37. The molecule has 9 heteroatoms. The van der Waals surface area contributed by atoms with E-state index in [1.54, 1.807) is 6.08 Å². The van der Waals surface area contributed by atoms with Gasteiger partial charge < -0.3 is 19.8 Å². The molecular weight excluding hydrogens is 647 g/mol. The molecule has 1 amide bonds. The molecule has 0 saturated carbocycles. The largest absolute Gasteiger partial charge is 0.472 e. The second-order valence-corrected chi connectivity index (χ2v) is 16.8. The Morgan fingerprint density at radius 3 is 1.54 bits per heavy atom. The van der Waals surface area contributed by atoms with Crippen LogP contribution in [-0.2, 0) is 18.4 Å². The lowest BCUT2D eigenvalue weighted by Gasteiger charge is -2.25. The van der Waals surface area contributed by atoms with E-state index in [4.69, 9.17) is 9.05 Å². The molecule has 1 unspecified atom stereocenters. The van der Waals surface area contributed by atoms with Crippen LogP contribution < -0.4 is 5.32 Å². The van der Waals surface area contributed by atoms with E-state index in [0.717, 1.165) is 38.5 Å². The third kappa shape index (κ3) is 35.4. The summed E-state index contributed by atoms with van der Waals surface area (Å²) in [4.78, 5) is 23.0. The summed E-state index contributed by atoms with van der Waals surface area (Å²) in [7, 11) is 1.57. The van der Waals surface area contributed by atoms with Crippen LogP contribution in [0.25, 0.3) is 0 Å². The topological polar surface area (TPSA) is 105 Å². The molecule has 0 aromatic carbocycles. The minimum absolute atomic E-state index is 0.0614. The first kappa shape index (κ1) is 49.0. The van der Waals surface area contributed by atoms with Gasteiger partial charge in [-0.25, -0.2) is 4.57 Å². The molecule has 0 radical (unpaired) electrons. The minimum Gasteiger partial charge on any atom is -0.387 e. The quantitative estimate of drug-likeness (QED) is 0.0254. The van der Waals surface area contributed by atoms with Crippen LogP contribution in [0.15, 0.2) is 24.3 Å². The van der Waals surface area contributed by atoms with Crippen LogP contribution in [0, 0.1) is 0 Å².